The van der Waals surface area contributed by atoms with E-state index in [1.807, 2.05) is 53.1 Å². The highest BCUT2D eigenvalue weighted by molar-refractivity contribution is 9.08. The molecule has 0 atom stereocenters. The first-order valence-electron chi connectivity index (χ1n) is 5.86. The van der Waals surface area contributed by atoms with Crippen molar-refractivity contribution in [2.24, 2.45) is 0 Å². The fourth-order valence-electron chi connectivity index (χ4n) is 2.06. The van der Waals surface area contributed by atoms with Crippen molar-refractivity contribution in [3.8, 4) is 17.3 Å². The Balaban J connectivity index is 2.21. The molecular weight excluding hydrogens is 302 g/mol. The van der Waals surface area contributed by atoms with E-state index in [2.05, 4.69) is 27.0 Å². The van der Waals surface area contributed by atoms with Crippen LogP contribution in [0.1, 0.15) is 11.3 Å². The number of pyridine rings is 1. The average Bonchev–Trinajstić information content (AvgIpc) is 2.85. The summed E-state index contributed by atoms with van der Waals surface area (Å²) in [5.41, 5.74) is 4.26. The Bertz CT molecular complexity index is 766. The standard InChI is InChI=1S/C15H10BrN3/c16-9-11-4-6-12(7-5-11)15-13(10-17)19-8-2-1-3-14(19)18-15/h1-8H,9H2. The molecule has 92 valence electrons. The monoisotopic (exact) mass is 311 g/mol. The first-order valence-corrected chi connectivity index (χ1v) is 6.98. The number of nitriles is 1. The van der Waals surface area contributed by atoms with E-state index in [-0.39, 0.29) is 0 Å². The molecular formula is C15H10BrN3. The zero-order chi connectivity index (χ0) is 13.2. The van der Waals surface area contributed by atoms with Crippen LogP contribution in [0.4, 0.5) is 0 Å². The molecule has 4 heteroatoms. The van der Waals surface area contributed by atoms with Gasteiger partial charge in [0.05, 0.1) is 0 Å². The molecule has 19 heavy (non-hydrogen) atoms. The van der Waals surface area contributed by atoms with Gasteiger partial charge in [-0.15, -0.1) is 0 Å². The Labute approximate surface area is 119 Å². The molecule has 0 saturated heterocycles. The van der Waals surface area contributed by atoms with E-state index in [4.69, 9.17) is 0 Å². The van der Waals surface area contributed by atoms with Gasteiger partial charge in [0.1, 0.15) is 17.4 Å². The lowest BCUT2D eigenvalue weighted by Crippen LogP contribution is -1.88. The Kier molecular flexibility index (Phi) is 3.06. The zero-order valence-electron chi connectivity index (χ0n) is 10.0. The maximum atomic E-state index is 9.35. The summed E-state index contributed by atoms with van der Waals surface area (Å²) in [6.45, 7) is 0. The largest absolute Gasteiger partial charge is 0.291 e. The van der Waals surface area contributed by atoms with Gasteiger partial charge in [-0.2, -0.15) is 5.26 Å². The third-order valence-electron chi connectivity index (χ3n) is 3.02. The minimum absolute atomic E-state index is 0.571. The summed E-state index contributed by atoms with van der Waals surface area (Å²) >= 11 is 3.42. The maximum absolute atomic E-state index is 9.35. The van der Waals surface area contributed by atoms with Gasteiger partial charge in [0, 0.05) is 17.1 Å². The third kappa shape index (κ3) is 2.02. The highest BCUT2D eigenvalue weighted by Crippen LogP contribution is 2.24. The normalized spacial score (nSPS) is 10.5. The molecule has 2 aromatic heterocycles. The zero-order valence-corrected chi connectivity index (χ0v) is 11.6. The molecule has 0 amide bonds. The van der Waals surface area contributed by atoms with Gasteiger partial charge in [-0.25, -0.2) is 4.98 Å². The molecule has 0 spiro atoms. The van der Waals surface area contributed by atoms with Gasteiger partial charge in [-0.1, -0.05) is 46.3 Å². The molecule has 0 unspecified atom stereocenters. The molecule has 1 aromatic carbocycles. The first-order chi connectivity index (χ1) is 9.33. The molecule has 3 aromatic rings. The lowest BCUT2D eigenvalue weighted by atomic mass is 10.1. The number of halogens is 1. The average molecular weight is 312 g/mol. The highest BCUT2D eigenvalue weighted by atomic mass is 79.9. The second-order valence-corrected chi connectivity index (χ2v) is 4.74. The summed E-state index contributed by atoms with van der Waals surface area (Å²) < 4.78 is 1.81. The number of aromatic nitrogens is 2. The predicted molar refractivity (Wildman–Crippen MR) is 78.0 cm³/mol. The third-order valence-corrected chi connectivity index (χ3v) is 3.66. The molecule has 0 bridgehead atoms. The van der Waals surface area contributed by atoms with E-state index in [1.165, 1.54) is 5.56 Å². The van der Waals surface area contributed by atoms with Crippen molar-refractivity contribution < 1.29 is 0 Å². The van der Waals surface area contributed by atoms with Gasteiger partial charge in [0.25, 0.3) is 0 Å². The molecule has 0 radical (unpaired) electrons. The number of alkyl halides is 1. The van der Waals surface area contributed by atoms with Gasteiger partial charge in [0.2, 0.25) is 0 Å². The molecule has 3 rings (SSSR count). The number of nitrogens with zero attached hydrogens (tertiary/aromatic N) is 3. The van der Waals surface area contributed by atoms with E-state index in [0.29, 0.717) is 5.69 Å². The van der Waals surface area contributed by atoms with Crippen molar-refractivity contribution in [3.05, 3.63) is 59.9 Å². The molecule has 0 aliphatic carbocycles. The molecule has 0 N–H and O–H groups in total. The number of benzene rings is 1. The second-order valence-electron chi connectivity index (χ2n) is 4.18. The van der Waals surface area contributed by atoms with Crippen molar-refractivity contribution in [1.29, 1.82) is 5.26 Å². The van der Waals surface area contributed by atoms with Crippen LogP contribution < -0.4 is 0 Å². The Morgan fingerprint density at radius 2 is 1.95 bits per heavy atom. The topological polar surface area (TPSA) is 41.1 Å². The van der Waals surface area contributed by atoms with E-state index in [9.17, 15) is 5.26 Å². The van der Waals surface area contributed by atoms with Gasteiger partial charge >= 0.3 is 0 Å². The van der Waals surface area contributed by atoms with Crippen LogP contribution in [-0.2, 0) is 5.33 Å². The fraction of sp³-hybridized carbons (Fsp3) is 0.0667. The predicted octanol–water partition coefficient (Wildman–Crippen LogP) is 3.77. The number of hydrogen-bond acceptors (Lipinski definition) is 2. The number of rotatable bonds is 2. The van der Waals surface area contributed by atoms with E-state index >= 15 is 0 Å². The van der Waals surface area contributed by atoms with Crippen LogP contribution in [0.3, 0.4) is 0 Å². The molecule has 0 saturated carbocycles. The van der Waals surface area contributed by atoms with Gasteiger partial charge < -0.3 is 0 Å². The fourth-order valence-corrected chi connectivity index (χ4v) is 2.43. The summed E-state index contributed by atoms with van der Waals surface area (Å²) in [5, 5.41) is 10.2. The smallest absolute Gasteiger partial charge is 0.152 e. The highest BCUT2D eigenvalue weighted by Gasteiger charge is 2.12. The number of imidazole rings is 1. The lowest BCUT2D eigenvalue weighted by molar-refractivity contribution is 1.15. The summed E-state index contributed by atoms with van der Waals surface area (Å²) in [5.74, 6) is 0. The van der Waals surface area contributed by atoms with Crippen LogP contribution >= 0.6 is 15.9 Å². The number of fused-ring (bicyclic) bond motifs is 1. The lowest BCUT2D eigenvalue weighted by Gasteiger charge is -1.99. The summed E-state index contributed by atoms with van der Waals surface area (Å²) in [7, 11) is 0. The van der Waals surface area contributed by atoms with Crippen LogP contribution in [0.15, 0.2) is 48.7 Å². The molecule has 0 aliphatic heterocycles. The quantitative estimate of drug-likeness (QED) is 0.676. The Morgan fingerprint density at radius 1 is 1.16 bits per heavy atom. The van der Waals surface area contributed by atoms with Crippen LogP contribution in [0.25, 0.3) is 16.9 Å². The Morgan fingerprint density at radius 3 is 2.63 bits per heavy atom. The number of hydrogen-bond donors (Lipinski definition) is 0. The van der Waals surface area contributed by atoms with Crippen molar-refractivity contribution in [2.75, 3.05) is 0 Å². The van der Waals surface area contributed by atoms with E-state index in [0.717, 1.165) is 22.2 Å². The minimum Gasteiger partial charge on any atom is -0.291 e. The van der Waals surface area contributed by atoms with Crippen LogP contribution in [0, 0.1) is 11.3 Å². The summed E-state index contributed by atoms with van der Waals surface area (Å²) in [6, 6.07) is 16.0. The summed E-state index contributed by atoms with van der Waals surface area (Å²) in [4.78, 5) is 4.54. The van der Waals surface area contributed by atoms with Gasteiger partial charge in [-0.3, -0.25) is 4.40 Å². The summed E-state index contributed by atoms with van der Waals surface area (Å²) in [6.07, 6.45) is 1.86. The van der Waals surface area contributed by atoms with Crippen molar-refractivity contribution in [2.45, 2.75) is 5.33 Å². The minimum atomic E-state index is 0.571. The maximum Gasteiger partial charge on any atom is 0.152 e. The van der Waals surface area contributed by atoms with Gasteiger partial charge in [0.15, 0.2) is 5.69 Å². The van der Waals surface area contributed by atoms with Crippen molar-refractivity contribution in [1.82, 2.24) is 9.38 Å². The van der Waals surface area contributed by atoms with Gasteiger partial charge in [-0.05, 0) is 17.7 Å². The van der Waals surface area contributed by atoms with E-state index < -0.39 is 0 Å². The van der Waals surface area contributed by atoms with Crippen LogP contribution in [-0.4, -0.2) is 9.38 Å². The molecule has 0 aliphatic rings. The van der Waals surface area contributed by atoms with Crippen molar-refractivity contribution >= 4 is 21.6 Å². The molecule has 3 nitrogen and oxygen atoms in total. The van der Waals surface area contributed by atoms with Crippen molar-refractivity contribution in [3.63, 3.8) is 0 Å². The van der Waals surface area contributed by atoms with Crippen LogP contribution in [0.5, 0.6) is 0 Å². The Hall–Kier alpha value is -2.12. The van der Waals surface area contributed by atoms with Crippen LogP contribution in [0.2, 0.25) is 0 Å². The van der Waals surface area contributed by atoms with E-state index in [1.54, 1.807) is 0 Å². The molecule has 2 heterocycles. The molecule has 0 fully saturated rings. The SMILES string of the molecule is N#Cc1c(-c2ccc(CBr)cc2)nc2ccccn12. The first kappa shape index (κ1) is 11.9. The second kappa shape index (κ2) is 4.87.